The van der Waals surface area contributed by atoms with Gasteiger partial charge in [-0.1, -0.05) is 15.8 Å². The van der Waals surface area contributed by atoms with Crippen LogP contribution in [0.3, 0.4) is 0 Å². The highest BCUT2D eigenvalue weighted by atomic mass is 31.0. The highest BCUT2D eigenvalue weighted by Gasteiger charge is 1.58. The van der Waals surface area contributed by atoms with E-state index >= 15 is 0 Å². The van der Waals surface area contributed by atoms with E-state index in [1.165, 1.54) is 0 Å². The normalized spacial score (nSPS) is 6.50. The second-order valence-corrected chi connectivity index (χ2v) is 1.07. The van der Waals surface area contributed by atoms with Gasteiger partial charge < -0.3 is 0 Å². The van der Waals surface area contributed by atoms with Gasteiger partial charge in [-0.3, -0.25) is 0 Å². The van der Waals surface area contributed by atoms with E-state index < -0.39 is 5.57 Å². The molecule has 4 heavy (non-hydrogen) atoms. The molecule has 0 aliphatic rings. The number of hydrogen-bond acceptors (Lipinski definition) is 0. The summed E-state index contributed by atoms with van der Waals surface area (Å²) in [5.41, 5.74) is -0.417. The van der Waals surface area contributed by atoms with Gasteiger partial charge in [0, 0.05) is 0 Å². The molecule has 0 aromatic rings. The summed E-state index contributed by atoms with van der Waals surface area (Å²) in [5.74, 6) is 0. The molecule has 0 saturated carbocycles. The zero-order valence-electron chi connectivity index (χ0n) is 2.16. The molecule has 0 aromatic heterocycles. The summed E-state index contributed by atoms with van der Waals surface area (Å²) < 4.78 is 10.8. The van der Waals surface area contributed by atoms with Crippen molar-refractivity contribution in [2.75, 3.05) is 0 Å². The van der Waals surface area contributed by atoms with Crippen LogP contribution in [0.25, 0.3) is 0 Å². The molecule has 0 aliphatic heterocycles. The summed E-state index contributed by atoms with van der Waals surface area (Å²) in [6.07, 6.45) is 0. The van der Waals surface area contributed by atoms with Crippen LogP contribution in [0.2, 0.25) is 0 Å². The Kier molecular flexibility index (Phi) is 1.46. The average molecular weight is 78.0 g/mol. The predicted molar refractivity (Wildman–Crippen MR) is 20.0 cm³/mol. The highest BCUT2D eigenvalue weighted by Crippen LogP contribution is 1.97. The molecular formula is C2H4FP. The molecule has 0 aliphatic carbocycles. The Bertz CT molecular complexity index is 29.0. The molecule has 1 atom stereocenters. The van der Waals surface area contributed by atoms with Crippen LogP contribution in [-0.2, 0) is 0 Å². The zero-order valence-corrected chi connectivity index (χ0v) is 3.32. The third kappa shape index (κ3) is 254. The quantitative estimate of drug-likeness (QED) is 0.383. The van der Waals surface area contributed by atoms with Gasteiger partial charge in [0.25, 0.3) is 0 Å². The van der Waals surface area contributed by atoms with Gasteiger partial charge in [-0.15, -0.1) is 0 Å². The van der Waals surface area contributed by atoms with Crippen molar-refractivity contribution < 1.29 is 4.39 Å². The van der Waals surface area contributed by atoms with E-state index in [0.717, 1.165) is 0 Å². The van der Waals surface area contributed by atoms with Gasteiger partial charge in [0.2, 0.25) is 0 Å². The molecule has 0 amide bonds. The minimum atomic E-state index is -0.417. The summed E-state index contributed by atoms with van der Waals surface area (Å²) in [7, 11) is 1.80. The van der Waals surface area contributed by atoms with Crippen molar-refractivity contribution in [3.05, 3.63) is 12.1 Å². The standard InChI is InChI=1S/C2H4FP/c1-2(3)4/h1,4H2. The highest BCUT2D eigenvalue weighted by molar-refractivity contribution is 7.21. The fraction of sp³-hybridized carbons (Fsp3) is 0. The molecule has 0 rings (SSSR count). The van der Waals surface area contributed by atoms with Crippen LogP contribution in [0.1, 0.15) is 0 Å². The third-order valence-corrected chi connectivity index (χ3v) is 0. The van der Waals surface area contributed by atoms with E-state index in [9.17, 15) is 4.39 Å². The fourth-order valence-electron chi connectivity index (χ4n) is 0. The van der Waals surface area contributed by atoms with Crippen LogP contribution in [0.15, 0.2) is 12.1 Å². The molecular weight excluding hydrogens is 74.0 g/mol. The largest absolute Gasteiger partial charge is 0.208 e. The average Bonchev–Trinajstić information content (AvgIpc) is 0.811. The predicted octanol–water partition coefficient (Wildman–Crippen LogP) is 1.30. The molecule has 0 fully saturated rings. The molecule has 1 unspecified atom stereocenters. The minimum absolute atomic E-state index is 0.417. The molecule has 0 spiro atoms. The maximum atomic E-state index is 10.8. The van der Waals surface area contributed by atoms with Gasteiger partial charge >= 0.3 is 0 Å². The fourth-order valence-corrected chi connectivity index (χ4v) is 0. The first-order chi connectivity index (χ1) is 1.73. The van der Waals surface area contributed by atoms with E-state index in [4.69, 9.17) is 0 Å². The molecule has 0 saturated heterocycles. The van der Waals surface area contributed by atoms with Gasteiger partial charge in [-0.05, 0) is 0 Å². The van der Waals surface area contributed by atoms with E-state index in [2.05, 4.69) is 6.58 Å². The SMILES string of the molecule is C=C(F)P. The van der Waals surface area contributed by atoms with Gasteiger partial charge in [0.1, 0.15) is 5.57 Å². The van der Waals surface area contributed by atoms with Crippen LogP contribution in [0, 0.1) is 0 Å². The first-order valence-corrected chi connectivity index (χ1v) is 1.41. The van der Waals surface area contributed by atoms with Crippen molar-refractivity contribution in [1.29, 1.82) is 0 Å². The molecule has 0 N–H and O–H groups in total. The lowest BCUT2D eigenvalue weighted by Gasteiger charge is -1.59. The minimum Gasteiger partial charge on any atom is -0.208 e. The monoisotopic (exact) mass is 78.0 g/mol. The molecule has 24 valence electrons. The van der Waals surface area contributed by atoms with Crippen LogP contribution < -0.4 is 0 Å². The summed E-state index contributed by atoms with van der Waals surface area (Å²) in [6.45, 7) is 2.85. The Hall–Kier alpha value is 0.100. The molecule has 0 heterocycles. The number of rotatable bonds is 0. The van der Waals surface area contributed by atoms with Gasteiger partial charge in [0.15, 0.2) is 0 Å². The summed E-state index contributed by atoms with van der Waals surface area (Å²) in [4.78, 5) is 0. The second-order valence-electron chi connectivity index (χ2n) is 0.447. The molecule has 0 nitrogen and oxygen atoms in total. The van der Waals surface area contributed by atoms with Crippen LogP contribution in [0.4, 0.5) is 4.39 Å². The lowest BCUT2D eigenvalue weighted by molar-refractivity contribution is 0.704. The van der Waals surface area contributed by atoms with Gasteiger partial charge in [-0.2, -0.15) is 0 Å². The first kappa shape index (κ1) is 4.10. The maximum absolute atomic E-state index is 10.8. The Balaban J connectivity index is 2.80. The molecule has 0 radical (unpaired) electrons. The Labute approximate surface area is 26.9 Å². The summed E-state index contributed by atoms with van der Waals surface area (Å²) in [5, 5.41) is 0. The Morgan fingerprint density at radius 3 is 2.00 bits per heavy atom. The Morgan fingerprint density at radius 2 is 2.00 bits per heavy atom. The lowest BCUT2D eigenvalue weighted by Crippen LogP contribution is -1.26. The lowest BCUT2D eigenvalue weighted by atomic mass is 11.2. The molecule has 2 heteroatoms. The van der Waals surface area contributed by atoms with E-state index in [-0.39, 0.29) is 0 Å². The first-order valence-electron chi connectivity index (χ1n) is 0.831. The number of halogens is 1. The molecule has 0 aromatic carbocycles. The number of hydrogen-bond donors (Lipinski definition) is 0. The van der Waals surface area contributed by atoms with Crippen molar-refractivity contribution >= 4 is 9.24 Å². The van der Waals surface area contributed by atoms with E-state index in [1.54, 1.807) is 9.24 Å². The topological polar surface area (TPSA) is 0 Å². The van der Waals surface area contributed by atoms with Crippen molar-refractivity contribution in [3.63, 3.8) is 0 Å². The van der Waals surface area contributed by atoms with Crippen LogP contribution >= 0.6 is 9.24 Å². The molecule has 0 bridgehead atoms. The third-order valence-electron chi connectivity index (χ3n) is 0. The zero-order chi connectivity index (χ0) is 3.58. The van der Waals surface area contributed by atoms with E-state index in [0.29, 0.717) is 0 Å². The summed E-state index contributed by atoms with van der Waals surface area (Å²) >= 11 is 0. The maximum Gasteiger partial charge on any atom is 0.109 e. The smallest absolute Gasteiger partial charge is 0.109 e. The van der Waals surface area contributed by atoms with Gasteiger partial charge in [0.05, 0.1) is 0 Å². The van der Waals surface area contributed by atoms with Gasteiger partial charge in [-0.25, -0.2) is 4.39 Å². The summed E-state index contributed by atoms with van der Waals surface area (Å²) in [6, 6.07) is 0. The van der Waals surface area contributed by atoms with Crippen molar-refractivity contribution in [2.45, 2.75) is 0 Å². The van der Waals surface area contributed by atoms with Crippen LogP contribution in [0.5, 0.6) is 0 Å². The van der Waals surface area contributed by atoms with Crippen molar-refractivity contribution in [3.8, 4) is 0 Å². The van der Waals surface area contributed by atoms with Crippen LogP contribution in [-0.4, -0.2) is 0 Å². The second kappa shape index (κ2) is 1.42. The Morgan fingerprint density at radius 1 is 2.00 bits per heavy atom. The van der Waals surface area contributed by atoms with Crippen molar-refractivity contribution in [2.24, 2.45) is 0 Å². The van der Waals surface area contributed by atoms with Crippen molar-refractivity contribution in [1.82, 2.24) is 0 Å². The van der Waals surface area contributed by atoms with E-state index in [1.807, 2.05) is 0 Å².